The third kappa shape index (κ3) is 5.19. The number of hydrogen-bond donors (Lipinski definition) is 0. The molecule has 2 fully saturated rings. The highest BCUT2D eigenvalue weighted by Crippen LogP contribution is 2.41. The van der Waals surface area contributed by atoms with E-state index in [1.807, 2.05) is 0 Å². The predicted molar refractivity (Wildman–Crippen MR) is 120 cm³/mol. The van der Waals surface area contributed by atoms with Gasteiger partial charge in [0.1, 0.15) is 36.9 Å². The minimum atomic E-state index is -3.78. The highest BCUT2D eigenvalue weighted by molar-refractivity contribution is 9.11. The topological polar surface area (TPSA) is 77.7 Å². The molecule has 2 aromatic rings. The summed E-state index contributed by atoms with van der Waals surface area (Å²) in [7, 11) is -3.78. The number of ether oxygens (including phenoxy) is 4. The van der Waals surface area contributed by atoms with Crippen LogP contribution >= 0.6 is 63.7 Å². The first-order valence-electron chi connectivity index (χ1n) is 8.47. The fourth-order valence-electron chi connectivity index (χ4n) is 2.48. The van der Waals surface area contributed by atoms with Gasteiger partial charge < -0.3 is 18.9 Å². The summed E-state index contributed by atoms with van der Waals surface area (Å²) in [5.41, 5.74) is 0. The minimum Gasteiger partial charge on any atom is -0.488 e. The van der Waals surface area contributed by atoms with Crippen LogP contribution in [0.3, 0.4) is 0 Å². The second-order valence-corrected chi connectivity index (χ2v) is 11.8. The van der Waals surface area contributed by atoms with Crippen molar-refractivity contribution in [3.05, 3.63) is 42.2 Å². The van der Waals surface area contributed by atoms with Crippen molar-refractivity contribution in [2.45, 2.75) is 22.0 Å². The van der Waals surface area contributed by atoms with Crippen LogP contribution in [0.15, 0.2) is 51.9 Å². The molecule has 0 saturated carbocycles. The van der Waals surface area contributed by atoms with E-state index < -0.39 is 9.84 Å². The molecule has 29 heavy (non-hydrogen) atoms. The average Bonchev–Trinajstić information content (AvgIpc) is 3.54. The third-order valence-electron chi connectivity index (χ3n) is 4.20. The highest BCUT2D eigenvalue weighted by atomic mass is 79.9. The fourth-order valence-corrected chi connectivity index (χ4v) is 7.28. The van der Waals surface area contributed by atoms with Gasteiger partial charge in [-0.1, -0.05) is 0 Å². The Kier molecular flexibility index (Phi) is 6.66. The zero-order valence-electron chi connectivity index (χ0n) is 14.7. The lowest BCUT2D eigenvalue weighted by Gasteiger charge is -2.14. The number of epoxide rings is 2. The van der Waals surface area contributed by atoms with E-state index in [9.17, 15) is 8.42 Å². The van der Waals surface area contributed by atoms with Gasteiger partial charge in [-0.15, -0.1) is 0 Å². The van der Waals surface area contributed by atoms with Crippen molar-refractivity contribution in [3.8, 4) is 11.5 Å². The van der Waals surface area contributed by atoms with Gasteiger partial charge in [0.05, 0.1) is 40.9 Å². The standard InChI is InChI=1S/C18H14Br4O6S/c19-13-1-11(2-14(20)17(13)27-7-9-5-25-9)29(23,24)12-3-15(21)18(16(22)4-12)28-8-10-6-26-10/h1-4,9-10H,5-8H2. The smallest absolute Gasteiger partial charge is 0.206 e. The van der Waals surface area contributed by atoms with Crippen molar-refractivity contribution in [1.29, 1.82) is 0 Å². The lowest BCUT2D eigenvalue weighted by Crippen LogP contribution is -2.08. The molecule has 2 saturated heterocycles. The molecule has 2 aliphatic rings. The van der Waals surface area contributed by atoms with E-state index in [2.05, 4.69) is 63.7 Å². The van der Waals surface area contributed by atoms with Crippen molar-refractivity contribution < 1.29 is 27.4 Å². The molecule has 0 N–H and O–H groups in total. The van der Waals surface area contributed by atoms with Crippen LogP contribution in [0.4, 0.5) is 0 Å². The van der Waals surface area contributed by atoms with Crippen molar-refractivity contribution >= 4 is 73.6 Å². The summed E-state index contributed by atoms with van der Waals surface area (Å²) in [4.78, 5) is 0.259. The second-order valence-electron chi connectivity index (χ2n) is 6.47. The monoisotopic (exact) mass is 674 g/mol. The van der Waals surface area contributed by atoms with Gasteiger partial charge in [-0.25, -0.2) is 8.42 Å². The molecule has 0 amide bonds. The molecule has 2 heterocycles. The van der Waals surface area contributed by atoms with Crippen molar-refractivity contribution in [2.24, 2.45) is 0 Å². The minimum absolute atomic E-state index is 0.0964. The van der Waals surface area contributed by atoms with Crippen LogP contribution in [0.1, 0.15) is 0 Å². The maximum atomic E-state index is 13.2. The van der Waals surface area contributed by atoms with E-state index >= 15 is 0 Å². The Morgan fingerprint density at radius 1 is 0.759 bits per heavy atom. The van der Waals surface area contributed by atoms with Crippen LogP contribution < -0.4 is 9.47 Å². The van der Waals surface area contributed by atoms with Gasteiger partial charge in [-0.2, -0.15) is 0 Å². The molecule has 0 radical (unpaired) electrons. The molecule has 156 valence electrons. The van der Waals surface area contributed by atoms with Crippen LogP contribution in [-0.4, -0.2) is 47.1 Å². The molecular weight excluding hydrogens is 664 g/mol. The van der Waals surface area contributed by atoms with E-state index in [0.29, 0.717) is 55.8 Å². The molecule has 11 heteroatoms. The molecule has 2 unspecified atom stereocenters. The van der Waals surface area contributed by atoms with Crippen LogP contribution in [0.25, 0.3) is 0 Å². The first-order valence-corrected chi connectivity index (χ1v) is 13.1. The predicted octanol–water partition coefficient (Wildman–Crippen LogP) is 5.12. The summed E-state index contributed by atoms with van der Waals surface area (Å²) in [5, 5.41) is 0. The van der Waals surface area contributed by atoms with Gasteiger partial charge in [-0.3, -0.25) is 0 Å². The van der Waals surface area contributed by atoms with Gasteiger partial charge >= 0.3 is 0 Å². The number of halogens is 4. The molecule has 0 spiro atoms. The Balaban J connectivity index is 1.61. The summed E-state index contributed by atoms with van der Waals surface area (Å²) in [6.07, 6.45) is 0.193. The molecular formula is C18H14Br4O6S. The van der Waals surface area contributed by atoms with Crippen LogP contribution in [0, 0.1) is 0 Å². The van der Waals surface area contributed by atoms with Crippen molar-refractivity contribution in [1.82, 2.24) is 0 Å². The Labute approximate surface area is 201 Å². The number of benzene rings is 2. The second kappa shape index (κ2) is 8.76. The number of rotatable bonds is 8. The van der Waals surface area contributed by atoms with E-state index in [-0.39, 0.29) is 22.0 Å². The summed E-state index contributed by atoms with van der Waals surface area (Å²) < 4.78 is 50.3. The van der Waals surface area contributed by atoms with Gasteiger partial charge in [-0.05, 0) is 88.0 Å². The number of hydrogen-bond acceptors (Lipinski definition) is 6. The first kappa shape index (κ1) is 22.0. The maximum Gasteiger partial charge on any atom is 0.206 e. The summed E-state index contributed by atoms with van der Waals surface area (Å²) in [6.45, 7) is 2.19. The first-order chi connectivity index (χ1) is 13.8. The lowest BCUT2D eigenvalue weighted by atomic mass is 10.3. The fraction of sp³-hybridized carbons (Fsp3) is 0.333. The maximum absolute atomic E-state index is 13.2. The Morgan fingerprint density at radius 3 is 1.34 bits per heavy atom. The molecule has 4 rings (SSSR count). The van der Waals surface area contributed by atoms with E-state index in [4.69, 9.17) is 18.9 Å². The van der Waals surface area contributed by atoms with E-state index in [0.717, 1.165) is 0 Å². The number of sulfone groups is 1. The van der Waals surface area contributed by atoms with E-state index in [1.165, 1.54) is 24.3 Å². The quantitative estimate of drug-likeness (QED) is 0.361. The third-order valence-corrected chi connectivity index (χ3v) is 8.26. The van der Waals surface area contributed by atoms with Gasteiger partial charge in [0.15, 0.2) is 0 Å². The van der Waals surface area contributed by atoms with E-state index in [1.54, 1.807) is 0 Å². The van der Waals surface area contributed by atoms with Crippen LogP contribution in [-0.2, 0) is 19.3 Å². The molecule has 2 aromatic carbocycles. The largest absolute Gasteiger partial charge is 0.488 e. The molecule has 2 aliphatic heterocycles. The zero-order chi connectivity index (χ0) is 20.8. The van der Waals surface area contributed by atoms with Gasteiger partial charge in [0, 0.05) is 0 Å². The van der Waals surface area contributed by atoms with Crippen molar-refractivity contribution in [2.75, 3.05) is 26.4 Å². The Bertz CT molecular complexity index is 927. The van der Waals surface area contributed by atoms with Gasteiger partial charge in [0.2, 0.25) is 9.84 Å². The van der Waals surface area contributed by atoms with Crippen LogP contribution in [0.5, 0.6) is 11.5 Å². The summed E-state index contributed by atoms with van der Waals surface area (Å²) >= 11 is 13.6. The molecule has 2 atom stereocenters. The SMILES string of the molecule is O=S(=O)(c1cc(Br)c(OCC2CO2)c(Br)c1)c1cc(Br)c(OCC2CO2)c(Br)c1. The zero-order valence-corrected chi connectivity index (χ0v) is 21.8. The van der Waals surface area contributed by atoms with Gasteiger partial charge in [0.25, 0.3) is 0 Å². The summed E-state index contributed by atoms with van der Waals surface area (Å²) in [5.74, 6) is 1.07. The molecule has 0 bridgehead atoms. The lowest BCUT2D eigenvalue weighted by molar-refractivity contribution is 0.260. The Morgan fingerprint density at radius 2 is 1.07 bits per heavy atom. The average molecular weight is 678 g/mol. The molecule has 0 aliphatic carbocycles. The molecule has 0 aromatic heterocycles. The normalized spacial score (nSPS) is 20.4. The van der Waals surface area contributed by atoms with Crippen molar-refractivity contribution in [3.63, 3.8) is 0 Å². The van der Waals surface area contributed by atoms with Crippen LogP contribution in [0.2, 0.25) is 0 Å². The Hall–Kier alpha value is -0.170. The summed E-state index contributed by atoms with van der Waals surface area (Å²) in [6, 6.07) is 6.11. The molecule has 6 nitrogen and oxygen atoms in total. The highest BCUT2D eigenvalue weighted by Gasteiger charge is 2.27.